The van der Waals surface area contributed by atoms with Crippen molar-refractivity contribution in [2.75, 3.05) is 18.4 Å². The van der Waals surface area contributed by atoms with E-state index in [0.29, 0.717) is 11.3 Å². The van der Waals surface area contributed by atoms with Crippen molar-refractivity contribution < 1.29 is 35.5 Å². The maximum absolute atomic E-state index is 15.5. The zero-order valence-electron chi connectivity index (χ0n) is 21.5. The summed E-state index contributed by atoms with van der Waals surface area (Å²) in [6, 6.07) is 11.1. The van der Waals surface area contributed by atoms with Crippen LogP contribution in [0.1, 0.15) is 11.3 Å². The number of halogens is 5. The molecule has 10 nitrogen and oxygen atoms in total. The molecule has 0 radical (unpaired) electrons. The number of nitrogens with zero attached hydrogens (tertiary/aromatic N) is 4. The molecule has 0 fully saturated rings. The zero-order valence-corrected chi connectivity index (χ0v) is 23.1. The van der Waals surface area contributed by atoms with Crippen molar-refractivity contribution in [3.8, 4) is 28.3 Å². The molecule has 5 rings (SSSR count). The van der Waals surface area contributed by atoms with Gasteiger partial charge in [-0.3, -0.25) is 14.1 Å². The van der Waals surface area contributed by atoms with Crippen LogP contribution < -0.4 is 19.8 Å². The molecule has 0 saturated carbocycles. The van der Waals surface area contributed by atoms with Crippen molar-refractivity contribution in [1.82, 2.24) is 19.1 Å². The minimum atomic E-state index is -4.99. The van der Waals surface area contributed by atoms with E-state index in [9.17, 15) is 26.4 Å². The van der Waals surface area contributed by atoms with E-state index in [4.69, 9.17) is 16.3 Å². The van der Waals surface area contributed by atoms with E-state index in [2.05, 4.69) is 19.7 Å². The van der Waals surface area contributed by atoms with Crippen LogP contribution in [-0.2, 0) is 23.2 Å². The predicted octanol–water partition coefficient (Wildman–Crippen LogP) is 4.71. The Labute approximate surface area is 241 Å². The molecule has 0 saturated heterocycles. The largest absolute Gasteiger partial charge is 0.573 e. The maximum atomic E-state index is 15.5. The second-order valence-corrected chi connectivity index (χ2v) is 11.1. The van der Waals surface area contributed by atoms with Crippen molar-refractivity contribution >= 4 is 27.6 Å². The number of aromatic nitrogens is 3. The lowest BCUT2D eigenvalue weighted by Crippen LogP contribution is -2.41. The van der Waals surface area contributed by atoms with Crippen LogP contribution >= 0.6 is 11.6 Å². The van der Waals surface area contributed by atoms with Gasteiger partial charge in [-0.15, -0.1) is 18.3 Å². The van der Waals surface area contributed by atoms with Gasteiger partial charge in [-0.1, -0.05) is 17.7 Å². The smallest absolute Gasteiger partial charge is 0.495 e. The van der Waals surface area contributed by atoms with Crippen LogP contribution in [0.4, 0.5) is 23.4 Å². The summed E-state index contributed by atoms with van der Waals surface area (Å²) >= 11 is 5.97. The lowest BCUT2D eigenvalue weighted by atomic mass is 10.0. The fraction of sp³-hybridized carbons (Fsp3) is 0.192. The number of hydrogen-bond acceptors (Lipinski definition) is 7. The normalized spacial score (nSPS) is 13.9. The first kappa shape index (κ1) is 29.3. The minimum absolute atomic E-state index is 0.0145. The molecule has 0 atom stereocenters. The number of alkyl halides is 3. The molecule has 4 aromatic rings. The van der Waals surface area contributed by atoms with E-state index >= 15 is 4.39 Å². The number of benzene rings is 2. The SMILES string of the molecule is COc1cc(-c2cc(Cl)cc(OC(F)(F)F)c2)c(F)cc1-n1c2c(ccc1=O)CN(S(=O)(=O)Nc1cccnn1)CC2. The van der Waals surface area contributed by atoms with E-state index in [1.165, 1.54) is 58.6 Å². The van der Waals surface area contributed by atoms with E-state index < -0.39 is 33.7 Å². The van der Waals surface area contributed by atoms with E-state index in [-0.39, 0.29) is 52.9 Å². The van der Waals surface area contributed by atoms with E-state index in [1.807, 2.05) is 0 Å². The minimum Gasteiger partial charge on any atom is -0.495 e. The highest BCUT2D eigenvalue weighted by atomic mass is 35.5. The van der Waals surface area contributed by atoms with Gasteiger partial charge in [0, 0.05) is 54.1 Å². The van der Waals surface area contributed by atoms with Crippen LogP contribution in [0.3, 0.4) is 0 Å². The topological polar surface area (TPSA) is 116 Å². The second kappa shape index (κ2) is 11.2. The third-order valence-electron chi connectivity index (χ3n) is 6.30. The average molecular weight is 626 g/mol. The molecule has 16 heteroatoms. The Kier molecular flexibility index (Phi) is 7.83. The van der Waals surface area contributed by atoms with Gasteiger partial charge in [0.25, 0.3) is 5.56 Å². The number of fused-ring (bicyclic) bond motifs is 1. The molecular weight excluding hydrogens is 606 g/mol. The summed E-state index contributed by atoms with van der Waals surface area (Å²) in [5.41, 5.74) is 0.224. The fourth-order valence-electron chi connectivity index (χ4n) is 4.57. The summed E-state index contributed by atoms with van der Waals surface area (Å²) in [6.07, 6.45) is -3.51. The van der Waals surface area contributed by atoms with Gasteiger partial charge in [-0.25, -0.2) is 4.39 Å². The molecule has 0 spiro atoms. The standard InChI is InChI=1S/C26H20ClF4N5O5S/c1-40-23-12-19(16-9-17(27)11-18(10-16)41-26(29,30)31)20(28)13-22(23)36-21-6-8-35(14-15(21)4-5-25(36)37)42(38,39)34-24-3-2-7-32-33-24/h2-5,7,9-13H,6,8,14H2,1H3,(H,33,34). The van der Waals surface area contributed by atoms with Crippen LogP contribution in [-0.4, -0.2) is 47.5 Å². The molecule has 1 aliphatic heterocycles. The van der Waals surface area contributed by atoms with Gasteiger partial charge in [0.2, 0.25) is 0 Å². The van der Waals surface area contributed by atoms with Gasteiger partial charge in [-0.2, -0.15) is 17.8 Å². The number of hydrogen-bond donors (Lipinski definition) is 1. The summed E-state index contributed by atoms with van der Waals surface area (Å²) < 4.78 is 93.9. The van der Waals surface area contributed by atoms with Gasteiger partial charge >= 0.3 is 16.6 Å². The lowest BCUT2D eigenvalue weighted by Gasteiger charge is -2.30. The van der Waals surface area contributed by atoms with Gasteiger partial charge in [-0.05, 0) is 47.5 Å². The third-order valence-corrected chi connectivity index (χ3v) is 7.98. The zero-order chi connectivity index (χ0) is 30.2. The first-order chi connectivity index (χ1) is 19.8. The van der Waals surface area contributed by atoms with Gasteiger partial charge in [0.05, 0.1) is 12.8 Å². The van der Waals surface area contributed by atoms with Crippen LogP contribution in [0.25, 0.3) is 16.8 Å². The Balaban J connectivity index is 1.52. The quantitative estimate of drug-likeness (QED) is 0.296. The van der Waals surface area contributed by atoms with Crippen molar-refractivity contribution in [3.05, 3.63) is 93.2 Å². The van der Waals surface area contributed by atoms with Crippen LogP contribution in [0.5, 0.6) is 11.5 Å². The molecule has 42 heavy (non-hydrogen) atoms. The molecule has 3 heterocycles. The van der Waals surface area contributed by atoms with Crippen molar-refractivity contribution in [2.24, 2.45) is 0 Å². The fourth-order valence-corrected chi connectivity index (χ4v) is 5.94. The van der Waals surface area contributed by atoms with Crippen LogP contribution in [0.2, 0.25) is 5.02 Å². The Morgan fingerprint density at radius 1 is 1.10 bits per heavy atom. The molecule has 1 aliphatic rings. The van der Waals surface area contributed by atoms with Gasteiger partial charge in [0.1, 0.15) is 17.3 Å². The molecular formula is C26H20ClF4N5O5S. The Morgan fingerprint density at radius 2 is 1.88 bits per heavy atom. The molecule has 0 aliphatic carbocycles. The number of methoxy groups -OCH3 is 1. The van der Waals surface area contributed by atoms with E-state index in [0.717, 1.165) is 18.2 Å². The highest BCUT2D eigenvalue weighted by molar-refractivity contribution is 7.90. The molecule has 0 bridgehead atoms. The molecule has 0 amide bonds. The second-order valence-electron chi connectivity index (χ2n) is 9.01. The molecule has 2 aromatic carbocycles. The highest BCUT2D eigenvalue weighted by Crippen LogP contribution is 2.37. The molecule has 220 valence electrons. The summed E-state index contributed by atoms with van der Waals surface area (Å²) in [5.74, 6) is -1.47. The monoisotopic (exact) mass is 625 g/mol. The van der Waals surface area contributed by atoms with Gasteiger partial charge in [0.15, 0.2) is 5.82 Å². The number of ether oxygens (including phenoxy) is 2. The summed E-state index contributed by atoms with van der Waals surface area (Å²) in [7, 11) is -2.74. The van der Waals surface area contributed by atoms with Crippen molar-refractivity contribution in [3.63, 3.8) is 0 Å². The molecule has 1 N–H and O–H groups in total. The first-order valence-corrected chi connectivity index (χ1v) is 13.9. The number of rotatable bonds is 7. The maximum Gasteiger partial charge on any atom is 0.573 e. The third kappa shape index (κ3) is 6.17. The Hall–Kier alpha value is -4.21. The number of anilines is 1. The number of nitrogens with one attached hydrogen (secondary N) is 1. The predicted molar refractivity (Wildman–Crippen MR) is 144 cm³/mol. The molecule has 0 unspecified atom stereocenters. The van der Waals surface area contributed by atoms with Crippen molar-refractivity contribution in [2.45, 2.75) is 19.3 Å². The average Bonchev–Trinajstić information content (AvgIpc) is 2.91. The Morgan fingerprint density at radius 3 is 2.57 bits per heavy atom. The molecule has 2 aromatic heterocycles. The lowest BCUT2D eigenvalue weighted by molar-refractivity contribution is -0.274. The first-order valence-electron chi connectivity index (χ1n) is 12.1. The highest BCUT2D eigenvalue weighted by Gasteiger charge is 2.32. The summed E-state index contributed by atoms with van der Waals surface area (Å²) in [4.78, 5) is 13.1. The van der Waals surface area contributed by atoms with Crippen LogP contribution in [0.15, 0.2) is 65.6 Å². The van der Waals surface area contributed by atoms with E-state index in [1.54, 1.807) is 0 Å². The van der Waals surface area contributed by atoms with Crippen LogP contribution in [0, 0.1) is 5.82 Å². The summed E-state index contributed by atoms with van der Waals surface area (Å²) in [5, 5.41) is 7.24. The number of pyridine rings is 1. The Bertz CT molecular complexity index is 1820. The summed E-state index contributed by atoms with van der Waals surface area (Å²) in [6.45, 7) is -0.113. The van der Waals surface area contributed by atoms with Gasteiger partial charge < -0.3 is 9.47 Å². The van der Waals surface area contributed by atoms with Crippen molar-refractivity contribution in [1.29, 1.82) is 0 Å².